The van der Waals surface area contributed by atoms with Crippen LogP contribution in [0.5, 0.6) is 0 Å². The zero-order chi connectivity index (χ0) is 7.82. The molecular formula is C6H12N4. The summed E-state index contributed by atoms with van der Waals surface area (Å²) in [7, 11) is 0. The SMILES string of the molecule is CC.NNc1cccnn1. The molecule has 4 nitrogen and oxygen atoms in total. The molecular weight excluding hydrogens is 128 g/mol. The molecule has 0 aliphatic heterocycles. The van der Waals surface area contributed by atoms with Crippen LogP contribution in [0.25, 0.3) is 0 Å². The lowest BCUT2D eigenvalue weighted by Crippen LogP contribution is -2.08. The van der Waals surface area contributed by atoms with Crippen LogP contribution in [0.15, 0.2) is 18.3 Å². The summed E-state index contributed by atoms with van der Waals surface area (Å²) in [6.45, 7) is 4.00. The van der Waals surface area contributed by atoms with E-state index in [0.717, 1.165) is 0 Å². The van der Waals surface area contributed by atoms with E-state index in [-0.39, 0.29) is 0 Å². The number of nitrogens with one attached hydrogen (secondary N) is 1. The molecule has 0 amide bonds. The van der Waals surface area contributed by atoms with Gasteiger partial charge in [0.05, 0.1) is 0 Å². The van der Waals surface area contributed by atoms with Gasteiger partial charge in [-0.25, -0.2) is 5.84 Å². The van der Waals surface area contributed by atoms with Gasteiger partial charge in [0.1, 0.15) is 0 Å². The highest BCUT2D eigenvalue weighted by Gasteiger charge is 1.81. The fourth-order valence-electron chi connectivity index (χ4n) is 0.379. The van der Waals surface area contributed by atoms with Crippen LogP contribution >= 0.6 is 0 Å². The first-order valence-electron chi connectivity index (χ1n) is 3.18. The molecule has 0 radical (unpaired) electrons. The standard InChI is InChI=1S/C4H6N4.C2H6/c5-7-4-2-1-3-6-8-4;1-2/h1-3H,5H2,(H,7,8);1-2H3. The Kier molecular flexibility index (Phi) is 5.28. The number of hydrogen-bond acceptors (Lipinski definition) is 4. The summed E-state index contributed by atoms with van der Waals surface area (Å²) in [5, 5.41) is 7.17. The smallest absolute Gasteiger partial charge is 0.162 e. The number of hydrogen-bond donors (Lipinski definition) is 2. The third-order valence-electron chi connectivity index (χ3n) is 0.720. The van der Waals surface area contributed by atoms with E-state index in [1.807, 2.05) is 13.8 Å². The number of anilines is 1. The van der Waals surface area contributed by atoms with Crippen LogP contribution in [0.1, 0.15) is 13.8 Å². The van der Waals surface area contributed by atoms with E-state index in [4.69, 9.17) is 5.84 Å². The van der Waals surface area contributed by atoms with Crippen LogP contribution in [-0.2, 0) is 0 Å². The Morgan fingerprint density at radius 1 is 1.50 bits per heavy atom. The van der Waals surface area contributed by atoms with Gasteiger partial charge in [-0.05, 0) is 12.1 Å². The van der Waals surface area contributed by atoms with Gasteiger partial charge in [-0.15, -0.1) is 5.10 Å². The van der Waals surface area contributed by atoms with Crippen LogP contribution in [0.2, 0.25) is 0 Å². The Bertz CT molecular complexity index is 151. The van der Waals surface area contributed by atoms with E-state index in [1.165, 1.54) is 0 Å². The molecule has 1 rings (SSSR count). The fourth-order valence-corrected chi connectivity index (χ4v) is 0.379. The van der Waals surface area contributed by atoms with Crippen molar-refractivity contribution in [1.82, 2.24) is 10.2 Å². The predicted molar refractivity (Wildman–Crippen MR) is 41.2 cm³/mol. The van der Waals surface area contributed by atoms with Gasteiger partial charge in [0.15, 0.2) is 5.82 Å². The van der Waals surface area contributed by atoms with Crippen molar-refractivity contribution in [2.45, 2.75) is 13.8 Å². The second kappa shape index (κ2) is 5.97. The molecule has 1 aromatic heterocycles. The molecule has 0 aliphatic rings. The zero-order valence-electron chi connectivity index (χ0n) is 6.20. The first-order chi connectivity index (χ1) is 4.93. The molecule has 0 atom stereocenters. The second-order valence-electron chi connectivity index (χ2n) is 1.25. The van der Waals surface area contributed by atoms with Gasteiger partial charge in [0.25, 0.3) is 0 Å². The number of hydrazine groups is 1. The van der Waals surface area contributed by atoms with Crippen LogP contribution in [0, 0.1) is 0 Å². The number of nitrogens with two attached hydrogens (primary N) is 1. The van der Waals surface area contributed by atoms with Gasteiger partial charge in [0, 0.05) is 6.20 Å². The number of nitrogen functional groups attached to an aromatic ring is 1. The minimum Gasteiger partial charge on any atom is -0.307 e. The third-order valence-corrected chi connectivity index (χ3v) is 0.720. The minimum atomic E-state index is 0.576. The highest BCUT2D eigenvalue weighted by Crippen LogP contribution is 1.91. The maximum Gasteiger partial charge on any atom is 0.162 e. The summed E-state index contributed by atoms with van der Waals surface area (Å²) >= 11 is 0. The van der Waals surface area contributed by atoms with Crippen molar-refractivity contribution in [3.8, 4) is 0 Å². The number of aromatic nitrogens is 2. The lowest BCUT2D eigenvalue weighted by atomic mass is 10.5. The Balaban J connectivity index is 0.000000371. The van der Waals surface area contributed by atoms with Gasteiger partial charge in [-0.3, -0.25) is 0 Å². The normalized spacial score (nSPS) is 7.50. The molecule has 3 N–H and O–H groups in total. The largest absolute Gasteiger partial charge is 0.307 e. The topological polar surface area (TPSA) is 63.8 Å². The van der Waals surface area contributed by atoms with Crippen molar-refractivity contribution in [2.24, 2.45) is 5.84 Å². The summed E-state index contributed by atoms with van der Waals surface area (Å²) in [4.78, 5) is 0. The first-order valence-corrected chi connectivity index (χ1v) is 3.18. The highest BCUT2D eigenvalue weighted by atomic mass is 15.3. The minimum absolute atomic E-state index is 0.576. The second-order valence-corrected chi connectivity index (χ2v) is 1.25. The molecule has 0 saturated carbocycles. The summed E-state index contributed by atoms with van der Waals surface area (Å²) in [5.74, 6) is 5.57. The summed E-state index contributed by atoms with van der Waals surface area (Å²) in [6, 6.07) is 3.48. The summed E-state index contributed by atoms with van der Waals surface area (Å²) in [6.07, 6.45) is 1.58. The van der Waals surface area contributed by atoms with Crippen molar-refractivity contribution in [1.29, 1.82) is 0 Å². The summed E-state index contributed by atoms with van der Waals surface area (Å²) in [5.41, 5.74) is 2.35. The lowest BCUT2D eigenvalue weighted by molar-refractivity contribution is 1.02. The summed E-state index contributed by atoms with van der Waals surface area (Å²) < 4.78 is 0. The van der Waals surface area contributed by atoms with E-state index in [2.05, 4.69) is 15.6 Å². The van der Waals surface area contributed by atoms with Gasteiger partial charge >= 0.3 is 0 Å². The molecule has 0 fully saturated rings. The van der Waals surface area contributed by atoms with Crippen molar-refractivity contribution >= 4 is 5.82 Å². The Hall–Kier alpha value is -1.16. The molecule has 0 aliphatic carbocycles. The van der Waals surface area contributed by atoms with Crippen LogP contribution in [0.4, 0.5) is 5.82 Å². The molecule has 0 spiro atoms. The maximum absolute atomic E-state index is 5.00. The van der Waals surface area contributed by atoms with Gasteiger partial charge in [-0.2, -0.15) is 5.10 Å². The zero-order valence-corrected chi connectivity index (χ0v) is 6.20. The third kappa shape index (κ3) is 2.99. The molecule has 10 heavy (non-hydrogen) atoms. The van der Waals surface area contributed by atoms with Crippen LogP contribution < -0.4 is 11.3 Å². The average Bonchev–Trinajstić information content (AvgIpc) is 2.10. The van der Waals surface area contributed by atoms with E-state index in [0.29, 0.717) is 5.82 Å². The quantitative estimate of drug-likeness (QED) is 0.447. The molecule has 0 aromatic carbocycles. The van der Waals surface area contributed by atoms with Gasteiger partial charge in [0.2, 0.25) is 0 Å². The molecule has 1 heterocycles. The lowest BCUT2D eigenvalue weighted by Gasteiger charge is -1.91. The monoisotopic (exact) mass is 140 g/mol. The molecule has 56 valence electrons. The Morgan fingerprint density at radius 2 is 2.20 bits per heavy atom. The van der Waals surface area contributed by atoms with E-state index in [9.17, 15) is 0 Å². The number of rotatable bonds is 1. The molecule has 0 bridgehead atoms. The van der Waals surface area contributed by atoms with Crippen LogP contribution in [0.3, 0.4) is 0 Å². The van der Waals surface area contributed by atoms with Crippen molar-refractivity contribution in [3.63, 3.8) is 0 Å². The molecule has 0 unspecified atom stereocenters. The number of nitrogens with zero attached hydrogens (tertiary/aromatic N) is 2. The fraction of sp³-hybridized carbons (Fsp3) is 0.333. The van der Waals surface area contributed by atoms with E-state index >= 15 is 0 Å². The van der Waals surface area contributed by atoms with Crippen molar-refractivity contribution < 1.29 is 0 Å². The molecule has 4 heteroatoms. The van der Waals surface area contributed by atoms with E-state index in [1.54, 1.807) is 18.3 Å². The molecule has 0 saturated heterocycles. The Labute approximate surface area is 60.4 Å². The Morgan fingerprint density at radius 3 is 2.50 bits per heavy atom. The van der Waals surface area contributed by atoms with Gasteiger partial charge in [-0.1, -0.05) is 13.8 Å². The van der Waals surface area contributed by atoms with Crippen molar-refractivity contribution in [3.05, 3.63) is 18.3 Å². The predicted octanol–water partition coefficient (Wildman–Crippen LogP) is 0.788. The highest BCUT2D eigenvalue weighted by molar-refractivity contribution is 5.28. The molecule has 1 aromatic rings. The van der Waals surface area contributed by atoms with Crippen LogP contribution in [-0.4, -0.2) is 10.2 Å². The first kappa shape index (κ1) is 8.84. The van der Waals surface area contributed by atoms with Gasteiger partial charge < -0.3 is 5.43 Å². The van der Waals surface area contributed by atoms with E-state index < -0.39 is 0 Å². The average molecular weight is 140 g/mol. The maximum atomic E-state index is 5.00. The van der Waals surface area contributed by atoms with Crippen molar-refractivity contribution in [2.75, 3.05) is 5.43 Å².